The van der Waals surface area contributed by atoms with Crippen molar-refractivity contribution in [2.45, 2.75) is 13.0 Å². The first kappa shape index (κ1) is 17.0. The highest BCUT2D eigenvalue weighted by atomic mass is 19.1. The third-order valence-electron chi connectivity index (χ3n) is 4.38. The molecule has 3 aromatic carbocycles. The molecule has 0 atom stereocenters. The lowest BCUT2D eigenvalue weighted by Crippen LogP contribution is -1.98. The van der Waals surface area contributed by atoms with Crippen LogP contribution in [0, 0.1) is 5.82 Å². The first-order valence-corrected chi connectivity index (χ1v) is 8.65. The summed E-state index contributed by atoms with van der Waals surface area (Å²) in [6.07, 6.45) is 0.553. The van der Waals surface area contributed by atoms with E-state index in [0.29, 0.717) is 29.9 Å². The zero-order chi connectivity index (χ0) is 18.6. The molecule has 134 valence electrons. The van der Waals surface area contributed by atoms with Crippen LogP contribution < -0.4 is 10.4 Å². The quantitative estimate of drug-likeness (QED) is 0.465. The van der Waals surface area contributed by atoms with E-state index in [1.54, 1.807) is 24.3 Å². The number of hydrogen-bond donors (Lipinski definition) is 0. The Kier molecular flexibility index (Phi) is 4.71. The minimum atomic E-state index is -0.384. The average Bonchev–Trinajstić information content (AvgIpc) is 2.69. The third kappa shape index (κ3) is 4.06. The molecule has 0 radical (unpaired) electrons. The van der Waals surface area contributed by atoms with Crippen molar-refractivity contribution in [3.63, 3.8) is 0 Å². The van der Waals surface area contributed by atoms with Gasteiger partial charge in [-0.3, -0.25) is 0 Å². The topological polar surface area (TPSA) is 39.4 Å². The average molecular weight is 360 g/mol. The summed E-state index contributed by atoms with van der Waals surface area (Å²) >= 11 is 0. The molecular weight excluding hydrogens is 343 g/mol. The zero-order valence-corrected chi connectivity index (χ0v) is 14.5. The Morgan fingerprint density at radius 1 is 0.852 bits per heavy atom. The first-order valence-electron chi connectivity index (χ1n) is 8.65. The molecule has 4 rings (SSSR count). The highest BCUT2D eigenvalue weighted by Crippen LogP contribution is 2.21. The molecule has 0 N–H and O–H groups in total. The highest BCUT2D eigenvalue weighted by Gasteiger charge is 2.04. The van der Waals surface area contributed by atoms with Crippen LogP contribution in [-0.4, -0.2) is 0 Å². The van der Waals surface area contributed by atoms with Gasteiger partial charge in [0.2, 0.25) is 0 Å². The van der Waals surface area contributed by atoms with Crippen molar-refractivity contribution in [2.24, 2.45) is 0 Å². The van der Waals surface area contributed by atoms with E-state index in [4.69, 9.17) is 9.15 Å². The van der Waals surface area contributed by atoms with Crippen LogP contribution in [-0.2, 0) is 13.0 Å². The molecule has 0 aliphatic heterocycles. The standard InChI is InChI=1S/C23H17FO3/c24-21-4-2-1-3-19(21)13-16-5-7-17(8-6-16)15-26-20-11-9-18-10-12-23(25)27-22(18)14-20/h1-12,14H,13,15H2. The summed E-state index contributed by atoms with van der Waals surface area (Å²) in [5, 5.41) is 0.847. The number of rotatable bonds is 5. The van der Waals surface area contributed by atoms with Crippen molar-refractivity contribution in [3.8, 4) is 5.75 Å². The molecule has 0 bridgehead atoms. The van der Waals surface area contributed by atoms with Gasteiger partial charge in [0.15, 0.2) is 0 Å². The molecular formula is C23H17FO3. The van der Waals surface area contributed by atoms with E-state index >= 15 is 0 Å². The Bertz CT molecular complexity index is 1130. The normalized spacial score (nSPS) is 10.9. The SMILES string of the molecule is O=c1ccc2ccc(OCc3ccc(Cc4ccccc4F)cc3)cc2o1. The molecule has 1 heterocycles. The van der Waals surface area contributed by atoms with Crippen molar-refractivity contribution >= 4 is 11.0 Å². The molecule has 4 aromatic rings. The second kappa shape index (κ2) is 7.46. The fourth-order valence-corrected chi connectivity index (χ4v) is 2.91. The van der Waals surface area contributed by atoms with E-state index < -0.39 is 0 Å². The van der Waals surface area contributed by atoms with Crippen molar-refractivity contribution in [3.05, 3.63) is 112 Å². The summed E-state index contributed by atoms with van der Waals surface area (Å²) in [7, 11) is 0. The van der Waals surface area contributed by atoms with Crippen LogP contribution in [0.15, 0.2) is 88.1 Å². The number of ether oxygens (including phenoxy) is 1. The van der Waals surface area contributed by atoms with Crippen molar-refractivity contribution in [1.29, 1.82) is 0 Å². The molecule has 0 aliphatic rings. The van der Waals surface area contributed by atoms with E-state index in [-0.39, 0.29) is 11.4 Å². The summed E-state index contributed by atoms with van der Waals surface area (Å²) in [6.45, 7) is 0.391. The summed E-state index contributed by atoms with van der Waals surface area (Å²) in [5.41, 5.74) is 2.84. The van der Waals surface area contributed by atoms with Crippen LogP contribution in [0.2, 0.25) is 0 Å². The van der Waals surface area contributed by atoms with Gasteiger partial charge in [0.1, 0.15) is 23.8 Å². The number of halogens is 1. The Morgan fingerprint density at radius 2 is 1.59 bits per heavy atom. The van der Waals surface area contributed by atoms with E-state index in [2.05, 4.69) is 0 Å². The predicted octanol–water partition coefficient (Wildman–Crippen LogP) is 5.10. The summed E-state index contributed by atoms with van der Waals surface area (Å²) in [5.74, 6) is 0.445. The number of hydrogen-bond acceptors (Lipinski definition) is 3. The van der Waals surface area contributed by atoms with Gasteiger partial charge in [-0.05, 0) is 41.0 Å². The van der Waals surface area contributed by atoms with E-state index in [0.717, 1.165) is 16.5 Å². The largest absolute Gasteiger partial charge is 0.489 e. The molecule has 0 amide bonds. The van der Waals surface area contributed by atoms with Crippen LogP contribution >= 0.6 is 0 Å². The first-order chi connectivity index (χ1) is 13.2. The molecule has 0 saturated heterocycles. The summed E-state index contributed by atoms with van der Waals surface area (Å²) in [4.78, 5) is 11.3. The molecule has 4 heteroatoms. The lowest BCUT2D eigenvalue weighted by molar-refractivity contribution is 0.306. The van der Waals surface area contributed by atoms with Gasteiger partial charge in [0.05, 0.1) is 0 Å². The molecule has 3 nitrogen and oxygen atoms in total. The van der Waals surface area contributed by atoms with Crippen LogP contribution in [0.5, 0.6) is 5.75 Å². The Hall–Kier alpha value is -3.40. The minimum absolute atomic E-state index is 0.187. The molecule has 0 fully saturated rings. The predicted molar refractivity (Wildman–Crippen MR) is 102 cm³/mol. The Labute approximate surface area is 155 Å². The molecule has 0 saturated carbocycles. The molecule has 0 unspecified atom stereocenters. The molecule has 1 aromatic heterocycles. The monoisotopic (exact) mass is 360 g/mol. The Morgan fingerprint density at radius 3 is 2.41 bits per heavy atom. The van der Waals surface area contributed by atoms with Gasteiger partial charge in [0.25, 0.3) is 0 Å². The van der Waals surface area contributed by atoms with Crippen molar-refractivity contribution in [1.82, 2.24) is 0 Å². The van der Waals surface area contributed by atoms with Crippen LogP contribution in [0.25, 0.3) is 11.0 Å². The Balaban J connectivity index is 1.43. The third-order valence-corrected chi connectivity index (χ3v) is 4.38. The number of benzene rings is 3. The maximum Gasteiger partial charge on any atom is 0.336 e. The van der Waals surface area contributed by atoms with E-state index in [1.807, 2.05) is 42.5 Å². The van der Waals surface area contributed by atoms with Gasteiger partial charge in [-0.2, -0.15) is 0 Å². The van der Waals surface area contributed by atoms with Crippen LogP contribution in [0.3, 0.4) is 0 Å². The lowest BCUT2D eigenvalue weighted by Gasteiger charge is -2.08. The zero-order valence-electron chi connectivity index (χ0n) is 14.5. The van der Waals surface area contributed by atoms with Gasteiger partial charge in [-0.25, -0.2) is 9.18 Å². The van der Waals surface area contributed by atoms with Gasteiger partial charge in [-0.1, -0.05) is 42.5 Å². The maximum atomic E-state index is 13.8. The van der Waals surface area contributed by atoms with E-state index in [9.17, 15) is 9.18 Å². The molecule has 0 aliphatic carbocycles. The van der Waals surface area contributed by atoms with Crippen molar-refractivity contribution < 1.29 is 13.5 Å². The van der Waals surface area contributed by atoms with E-state index in [1.165, 1.54) is 12.1 Å². The summed E-state index contributed by atoms with van der Waals surface area (Å²) < 4.78 is 24.7. The second-order valence-electron chi connectivity index (χ2n) is 6.33. The minimum Gasteiger partial charge on any atom is -0.489 e. The van der Waals surface area contributed by atoms with Gasteiger partial charge in [-0.15, -0.1) is 0 Å². The second-order valence-corrected chi connectivity index (χ2v) is 6.33. The maximum absolute atomic E-state index is 13.8. The fraction of sp³-hybridized carbons (Fsp3) is 0.0870. The fourth-order valence-electron chi connectivity index (χ4n) is 2.91. The number of fused-ring (bicyclic) bond motifs is 1. The molecule has 0 spiro atoms. The smallest absolute Gasteiger partial charge is 0.336 e. The van der Waals surface area contributed by atoms with Gasteiger partial charge < -0.3 is 9.15 Å². The van der Waals surface area contributed by atoms with Crippen LogP contribution in [0.1, 0.15) is 16.7 Å². The van der Waals surface area contributed by atoms with Crippen LogP contribution in [0.4, 0.5) is 4.39 Å². The van der Waals surface area contributed by atoms with Crippen molar-refractivity contribution in [2.75, 3.05) is 0 Å². The lowest BCUT2D eigenvalue weighted by atomic mass is 10.0. The van der Waals surface area contributed by atoms with Gasteiger partial charge >= 0.3 is 5.63 Å². The summed E-state index contributed by atoms with van der Waals surface area (Å²) in [6, 6.07) is 23.2. The molecule has 27 heavy (non-hydrogen) atoms. The van der Waals surface area contributed by atoms with Gasteiger partial charge in [0, 0.05) is 23.9 Å². The highest BCUT2D eigenvalue weighted by molar-refractivity contribution is 5.77.